The van der Waals surface area contributed by atoms with Crippen molar-refractivity contribution in [1.82, 2.24) is 0 Å². The molecular weight excluding hydrogens is 284 g/mol. The van der Waals surface area contributed by atoms with Crippen molar-refractivity contribution in [2.75, 3.05) is 7.11 Å². The second-order valence-corrected chi connectivity index (χ2v) is 10.4. The van der Waals surface area contributed by atoms with Gasteiger partial charge < -0.3 is 4.74 Å². The molecule has 1 atom stereocenters. The van der Waals surface area contributed by atoms with Crippen LogP contribution in [0.2, 0.25) is 5.54 Å². The zero-order valence-corrected chi connectivity index (χ0v) is 16.4. The molecule has 22 heavy (non-hydrogen) atoms. The molecule has 1 unspecified atom stereocenters. The molecule has 0 saturated heterocycles. The average Bonchev–Trinajstić information content (AvgIpc) is 2.56. The molecular formula is C20H36OSi. The molecule has 0 spiro atoms. The highest BCUT2D eigenvalue weighted by Gasteiger charge is 2.22. The van der Waals surface area contributed by atoms with Crippen molar-refractivity contribution in [3.05, 3.63) is 24.3 Å². The van der Waals surface area contributed by atoms with Gasteiger partial charge in [0.25, 0.3) is 0 Å². The van der Waals surface area contributed by atoms with E-state index in [0.717, 1.165) is 23.3 Å². The van der Waals surface area contributed by atoms with Crippen LogP contribution in [0, 0.1) is 17.8 Å². The summed E-state index contributed by atoms with van der Waals surface area (Å²) in [5.41, 5.74) is 1.61. The van der Waals surface area contributed by atoms with E-state index < -0.39 is 0 Å². The lowest BCUT2D eigenvalue weighted by atomic mass is 9.80. The first-order valence-electron chi connectivity index (χ1n) is 9.55. The number of ether oxygens (including phenoxy) is 1. The lowest BCUT2D eigenvalue weighted by molar-refractivity contribution is 0.176. The SMILES string of the molecule is CC=CC1CCC(C=CC2CCC([SiH2]C(C)OC)CC2)CC1. The monoisotopic (exact) mass is 320 g/mol. The Balaban J connectivity index is 1.66. The highest BCUT2D eigenvalue weighted by atomic mass is 28.2. The van der Waals surface area contributed by atoms with Crippen LogP contribution in [0.5, 0.6) is 0 Å². The molecule has 2 aliphatic carbocycles. The molecule has 0 bridgehead atoms. The summed E-state index contributed by atoms with van der Waals surface area (Å²) in [5.74, 6) is 2.59. The van der Waals surface area contributed by atoms with E-state index in [1.165, 1.54) is 51.4 Å². The number of methoxy groups -OCH3 is 1. The molecule has 0 aromatic carbocycles. The Labute approximate surface area is 140 Å². The molecule has 0 amide bonds. The number of hydrogen-bond donors (Lipinski definition) is 0. The quantitative estimate of drug-likeness (QED) is 0.491. The van der Waals surface area contributed by atoms with Gasteiger partial charge in [-0.25, -0.2) is 0 Å². The zero-order chi connectivity index (χ0) is 15.8. The smallest absolute Gasteiger partial charge is 0.0583 e. The van der Waals surface area contributed by atoms with Gasteiger partial charge >= 0.3 is 0 Å². The second-order valence-electron chi connectivity index (χ2n) is 7.65. The van der Waals surface area contributed by atoms with E-state index in [1.54, 1.807) is 0 Å². The first-order chi connectivity index (χ1) is 10.7. The minimum Gasteiger partial charge on any atom is -0.386 e. The second kappa shape index (κ2) is 9.72. The molecule has 2 fully saturated rings. The van der Waals surface area contributed by atoms with Crippen LogP contribution in [0.25, 0.3) is 0 Å². The third kappa shape index (κ3) is 6.04. The summed E-state index contributed by atoms with van der Waals surface area (Å²) < 4.78 is 5.48. The lowest BCUT2D eigenvalue weighted by Crippen LogP contribution is -2.23. The van der Waals surface area contributed by atoms with Crippen molar-refractivity contribution in [2.45, 2.75) is 76.5 Å². The molecule has 2 saturated carbocycles. The van der Waals surface area contributed by atoms with E-state index >= 15 is 0 Å². The van der Waals surface area contributed by atoms with Crippen LogP contribution in [0.15, 0.2) is 24.3 Å². The molecule has 0 aliphatic heterocycles. The molecule has 126 valence electrons. The normalized spacial score (nSPS) is 35.8. The fourth-order valence-corrected chi connectivity index (χ4v) is 6.37. The maximum Gasteiger partial charge on any atom is 0.0583 e. The summed E-state index contributed by atoms with van der Waals surface area (Å²) >= 11 is 0. The van der Waals surface area contributed by atoms with Crippen molar-refractivity contribution in [1.29, 1.82) is 0 Å². The third-order valence-corrected chi connectivity index (χ3v) is 8.38. The number of hydrogen-bond acceptors (Lipinski definition) is 1. The molecule has 2 heteroatoms. The number of allylic oxidation sites excluding steroid dienone is 4. The van der Waals surface area contributed by atoms with Crippen LogP contribution >= 0.6 is 0 Å². The standard InChI is InChI=1S/C20H36OSi/c1-4-5-17-6-8-18(9-7-17)10-11-19-12-14-20(15-13-19)22-16(2)21-3/h4-5,10-11,16-20H,6-9,12-15,22H2,1-3H3. The predicted octanol–water partition coefficient (Wildman–Crippen LogP) is 5.07. The molecule has 0 N–H and O–H groups in total. The Morgan fingerprint density at radius 2 is 1.27 bits per heavy atom. The molecule has 1 nitrogen and oxygen atoms in total. The van der Waals surface area contributed by atoms with Gasteiger partial charge in [-0.15, -0.1) is 0 Å². The topological polar surface area (TPSA) is 9.23 Å². The zero-order valence-electron chi connectivity index (χ0n) is 15.0. The minimum atomic E-state index is -0.0296. The van der Waals surface area contributed by atoms with Gasteiger partial charge in [0, 0.05) is 12.8 Å². The van der Waals surface area contributed by atoms with Gasteiger partial charge in [0.05, 0.1) is 9.52 Å². The minimum absolute atomic E-state index is 0.0296. The molecule has 0 heterocycles. The van der Waals surface area contributed by atoms with Crippen molar-refractivity contribution >= 4 is 9.52 Å². The number of rotatable bonds is 6. The molecule has 2 rings (SSSR count). The Kier molecular flexibility index (Phi) is 7.95. The van der Waals surface area contributed by atoms with Crippen LogP contribution in [0.3, 0.4) is 0 Å². The van der Waals surface area contributed by atoms with Gasteiger partial charge in [-0.05, 0) is 75.7 Å². The van der Waals surface area contributed by atoms with Crippen molar-refractivity contribution in [3.63, 3.8) is 0 Å². The summed E-state index contributed by atoms with van der Waals surface area (Å²) in [5, 5.41) is 0. The summed E-state index contributed by atoms with van der Waals surface area (Å²) in [7, 11) is 1.84. The van der Waals surface area contributed by atoms with Crippen LogP contribution < -0.4 is 0 Å². The van der Waals surface area contributed by atoms with E-state index in [-0.39, 0.29) is 9.52 Å². The van der Waals surface area contributed by atoms with Crippen LogP contribution in [-0.2, 0) is 4.74 Å². The molecule has 0 aromatic rings. The fraction of sp³-hybridized carbons (Fsp3) is 0.800. The van der Waals surface area contributed by atoms with E-state index in [1.807, 2.05) is 7.11 Å². The van der Waals surface area contributed by atoms with Crippen molar-refractivity contribution in [3.8, 4) is 0 Å². The van der Waals surface area contributed by atoms with E-state index in [4.69, 9.17) is 4.74 Å². The third-order valence-electron chi connectivity index (χ3n) is 5.90. The lowest BCUT2D eigenvalue weighted by Gasteiger charge is -2.29. The van der Waals surface area contributed by atoms with Crippen LogP contribution in [-0.4, -0.2) is 22.4 Å². The first kappa shape index (κ1) is 18.0. The highest BCUT2D eigenvalue weighted by molar-refractivity contribution is 6.39. The molecule has 2 aliphatic rings. The summed E-state index contributed by atoms with van der Waals surface area (Å²) in [6.45, 7) is 4.42. The van der Waals surface area contributed by atoms with Crippen molar-refractivity contribution in [2.24, 2.45) is 17.8 Å². The van der Waals surface area contributed by atoms with E-state index in [2.05, 4.69) is 38.2 Å². The van der Waals surface area contributed by atoms with Gasteiger partial charge in [-0.3, -0.25) is 0 Å². The summed E-state index contributed by atoms with van der Waals surface area (Å²) in [4.78, 5) is 0. The highest BCUT2D eigenvalue weighted by Crippen LogP contribution is 2.35. The Bertz CT molecular complexity index is 347. The van der Waals surface area contributed by atoms with Gasteiger partial charge in [-0.2, -0.15) is 0 Å². The summed E-state index contributed by atoms with van der Waals surface area (Å²) in [6, 6.07) is 0. The summed E-state index contributed by atoms with van der Waals surface area (Å²) in [6.07, 6.45) is 21.2. The fourth-order valence-electron chi connectivity index (χ4n) is 4.30. The van der Waals surface area contributed by atoms with Gasteiger partial charge in [0.2, 0.25) is 0 Å². The van der Waals surface area contributed by atoms with Crippen LogP contribution in [0.4, 0.5) is 0 Å². The first-order valence-corrected chi connectivity index (χ1v) is 11.2. The predicted molar refractivity (Wildman–Crippen MR) is 100 cm³/mol. The Morgan fingerprint density at radius 3 is 1.73 bits per heavy atom. The maximum atomic E-state index is 5.48. The Morgan fingerprint density at radius 1 is 0.818 bits per heavy atom. The molecule has 0 radical (unpaired) electrons. The van der Waals surface area contributed by atoms with E-state index in [9.17, 15) is 0 Å². The van der Waals surface area contributed by atoms with Crippen LogP contribution in [0.1, 0.15) is 65.2 Å². The van der Waals surface area contributed by atoms with E-state index in [0.29, 0.717) is 5.73 Å². The van der Waals surface area contributed by atoms with Gasteiger partial charge in [0.15, 0.2) is 0 Å². The Hall–Kier alpha value is -0.343. The van der Waals surface area contributed by atoms with Crippen molar-refractivity contribution < 1.29 is 4.74 Å². The average molecular weight is 321 g/mol. The maximum absolute atomic E-state index is 5.48. The molecule has 0 aromatic heterocycles. The van der Waals surface area contributed by atoms with Gasteiger partial charge in [0.1, 0.15) is 0 Å². The van der Waals surface area contributed by atoms with Gasteiger partial charge in [-0.1, -0.05) is 37.1 Å². The largest absolute Gasteiger partial charge is 0.386 e.